The molecule has 1 aromatic rings. The molecule has 1 heterocycles. The summed E-state index contributed by atoms with van der Waals surface area (Å²) in [6.45, 7) is 3.43. The Morgan fingerprint density at radius 2 is 2.39 bits per heavy atom. The third-order valence-corrected chi connectivity index (χ3v) is 3.23. The minimum atomic E-state index is -0.103. The second-order valence-corrected chi connectivity index (χ2v) is 4.77. The van der Waals surface area contributed by atoms with Crippen molar-refractivity contribution in [2.75, 3.05) is 18.9 Å². The van der Waals surface area contributed by atoms with Crippen LogP contribution in [0.15, 0.2) is 18.2 Å². The van der Waals surface area contributed by atoms with E-state index in [0.717, 1.165) is 31.4 Å². The Bertz CT molecular complexity index is 426. The van der Waals surface area contributed by atoms with Gasteiger partial charge >= 0.3 is 0 Å². The lowest BCUT2D eigenvalue weighted by atomic mass is 10.1. The van der Waals surface area contributed by atoms with Gasteiger partial charge in [0.2, 0.25) is 0 Å². The zero-order chi connectivity index (χ0) is 13.0. The van der Waals surface area contributed by atoms with Crippen LogP contribution in [-0.2, 0) is 4.74 Å². The van der Waals surface area contributed by atoms with Crippen LogP contribution in [0.5, 0.6) is 0 Å². The molecule has 2 rings (SSSR count). The average Bonchev–Trinajstić information content (AvgIpc) is 2.85. The summed E-state index contributed by atoms with van der Waals surface area (Å²) in [4.78, 5) is 12.0. The van der Waals surface area contributed by atoms with E-state index < -0.39 is 0 Å². The van der Waals surface area contributed by atoms with Crippen molar-refractivity contribution in [1.29, 1.82) is 0 Å². The van der Waals surface area contributed by atoms with Crippen molar-refractivity contribution < 1.29 is 9.53 Å². The molecule has 0 aliphatic carbocycles. The molecule has 0 aromatic heterocycles. The van der Waals surface area contributed by atoms with Crippen LogP contribution in [0.4, 0.5) is 5.69 Å². The molecule has 1 aliphatic heterocycles. The number of carbonyl (C=O) groups is 1. The van der Waals surface area contributed by atoms with Crippen molar-refractivity contribution in [3.63, 3.8) is 0 Å². The van der Waals surface area contributed by atoms with Crippen molar-refractivity contribution in [3.8, 4) is 0 Å². The van der Waals surface area contributed by atoms with E-state index in [4.69, 9.17) is 10.5 Å². The molecule has 4 nitrogen and oxygen atoms in total. The van der Waals surface area contributed by atoms with Crippen LogP contribution in [0.2, 0.25) is 0 Å². The molecule has 4 heteroatoms. The van der Waals surface area contributed by atoms with Crippen LogP contribution in [-0.4, -0.2) is 25.2 Å². The number of benzene rings is 1. The molecule has 1 atom stereocenters. The van der Waals surface area contributed by atoms with Gasteiger partial charge in [0.15, 0.2) is 0 Å². The zero-order valence-corrected chi connectivity index (χ0v) is 10.7. The maximum absolute atomic E-state index is 12.0. The summed E-state index contributed by atoms with van der Waals surface area (Å²) in [6.07, 6.45) is 3.41. The van der Waals surface area contributed by atoms with Crippen molar-refractivity contribution in [3.05, 3.63) is 29.3 Å². The first kappa shape index (κ1) is 12.9. The molecule has 1 unspecified atom stereocenters. The SMILES string of the molecule is Cc1ccc(N)c(C(=O)NCCC2CCCO2)c1. The molecular formula is C14H20N2O2. The van der Waals surface area contributed by atoms with Gasteiger partial charge in [-0.15, -0.1) is 0 Å². The van der Waals surface area contributed by atoms with E-state index in [1.165, 1.54) is 0 Å². The fourth-order valence-electron chi connectivity index (χ4n) is 2.18. The van der Waals surface area contributed by atoms with Gasteiger partial charge in [0.25, 0.3) is 5.91 Å². The number of nitrogens with two attached hydrogens (primary N) is 1. The summed E-state index contributed by atoms with van der Waals surface area (Å²) in [5.74, 6) is -0.103. The summed E-state index contributed by atoms with van der Waals surface area (Å²) >= 11 is 0. The number of nitrogen functional groups attached to an aromatic ring is 1. The van der Waals surface area contributed by atoms with Gasteiger partial charge in [-0.25, -0.2) is 0 Å². The highest BCUT2D eigenvalue weighted by molar-refractivity contribution is 5.99. The van der Waals surface area contributed by atoms with Crippen molar-refractivity contribution in [2.45, 2.75) is 32.3 Å². The molecule has 0 radical (unpaired) electrons. The average molecular weight is 248 g/mol. The number of aryl methyl sites for hydroxylation is 1. The Balaban J connectivity index is 1.85. The third-order valence-electron chi connectivity index (χ3n) is 3.23. The van der Waals surface area contributed by atoms with Gasteiger partial charge < -0.3 is 15.8 Å². The zero-order valence-electron chi connectivity index (χ0n) is 10.7. The fourth-order valence-corrected chi connectivity index (χ4v) is 2.18. The molecule has 0 bridgehead atoms. The molecule has 1 amide bonds. The lowest BCUT2D eigenvalue weighted by Gasteiger charge is -2.11. The fraction of sp³-hybridized carbons (Fsp3) is 0.500. The Morgan fingerprint density at radius 1 is 1.56 bits per heavy atom. The van der Waals surface area contributed by atoms with E-state index in [9.17, 15) is 4.79 Å². The van der Waals surface area contributed by atoms with E-state index in [1.807, 2.05) is 19.1 Å². The molecule has 1 saturated heterocycles. The van der Waals surface area contributed by atoms with Crippen LogP contribution < -0.4 is 11.1 Å². The quantitative estimate of drug-likeness (QED) is 0.800. The predicted molar refractivity (Wildman–Crippen MR) is 71.5 cm³/mol. The lowest BCUT2D eigenvalue weighted by Crippen LogP contribution is -2.27. The topological polar surface area (TPSA) is 64.4 Å². The van der Waals surface area contributed by atoms with Gasteiger partial charge in [0.1, 0.15) is 0 Å². The van der Waals surface area contributed by atoms with Crippen molar-refractivity contribution >= 4 is 11.6 Å². The first-order valence-corrected chi connectivity index (χ1v) is 6.43. The van der Waals surface area contributed by atoms with Crippen molar-refractivity contribution in [1.82, 2.24) is 5.32 Å². The van der Waals surface area contributed by atoms with Crippen LogP contribution in [0, 0.1) is 6.92 Å². The molecule has 18 heavy (non-hydrogen) atoms. The molecule has 3 N–H and O–H groups in total. The molecular weight excluding hydrogens is 228 g/mol. The van der Waals surface area contributed by atoms with E-state index in [0.29, 0.717) is 23.9 Å². The highest BCUT2D eigenvalue weighted by Crippen LogP contribution is 2.15. The van der Waals surface area contributed by atoms with Gasteiger partial charge in [-0.3, -0.25) is 4.79 Å². The summed E-state index contributed by atoms with van der Waals surface area (Å²) in [6, 6.07) is 5.49. The van der Waals surface area contributed by atoms with E-state index in [2.05, 4.69) is 5.32 Å². The monoisotopic (exact) mass is 248 g/mol. The summed E-state index contributed by atoms with van der Waals surface area (Å²) in [5.41, 5.74) is 7.92. The lowest BCUT2D eigenvalue weighted by molar-refractivity contribution is 0.0908. The smallest absolute Gasteiger partial charge is 0.253 e. The Labute approximate surface area is 108 Å². The number of carbonyl (C=O) groups excluding carboxylic acids is 1. The number of ether oxygens (including phenoxy) is 1. The number of hydrogen-bond acceptors (Lipinski definition) is 3. The van der Waals surface area contributed by atoms with Gasteiger partial charge in [0.05, 0.1) is 11.7 Å². The van der Waals surface area contributed by atoms with Gasteiger partial charge in [-0.1, -0.05) is 11.6 Å². The summed E-state index contributed by atoms with van der Waals surface area (Å²) in [7, 11) is 0. The maximum atomic E-state index is 12.0. The Kier molecular flexibility index (Phi) is 4.20. The van der Waals surface area contributed by atoms with E-state index in [1.54, 1.807) is 6.07 Å². The number of hydrogen-bond donors (Lipinski definition) is 2. The normalized spacial score (nSPS) is 18.8. The standard InChI is InChI=1S/C14H20N2O2/c1-10-4-5-13(15)12(9-10)14(17)16-7-6-11-3-2-8-18-11/h4-5,9,11H,2-3,6-8,15H2,1H3,(H,16,17). The largest absolute Gasteiger partial charge is 0.398 e. The Hall–Kier alpha value is -1.55. The van der Waals surface area contributed by atoms with Crippen LogP contribution in [0.25, 0.3) is 0 Å². The highest BCUT2D eigenvalue weighted by Gasteiger charge is 2.16. The van der Waals surface area contributed by atoms with Crippen LogP contribution in [0.1, 0.15) is 35.2 Å². The molecule has 0 spiro atoms. The first-order valence-electron chi connectivity index (χ1n) is 6.43. The second kappa shape index (κ2) is 5.87. The van der Waals surface area contributed by atoms with E-state index >= 15 is 0 Å². The molecule has 1 aromatic carbocycles. The van der Waals surface area contributed by atoms with Gasteiger partial charge in [-0.05, 0) is 38.3 Å². The van der Waals surface area contributed by atoms with Crippen LogP contribution in [0.3, 0.4) is 0 Å². The van der Waals surface area contributed by atoms with E-state index in [-0.39, 0.29) is 5.91 Å². The number of anilines is 1. The minimum Gasteiger partial charge on any atom is -0.398 e. The predicted octanol–water partition coefficient (Wildman–Crippen LogP) is 1.88. The van der Waals surface area contributed by atoms with Gasteiger partial charge in [-0.2, -0.15) is 0 Å². The molecule has 0 saturated carbocycles. The second-order valence-electron chi connectivity index (χ2n) is 4.77. The minimum absolute atomic E-state index is 0.103. The van der Waals surface area contributed by atoms with Crippen LogP contribution >= 0.6 is 0 Å². The molecule has 98 valence electrons. The maximum Gasteiger partial charge on any atom is 0.253 e. The first-order chi connectivity index (χ1) is 8.66. The molecule has 1 fully saturated rings. The van der Waals surface area contributed by atoms with Gasteiger partial charge in [0, 0.05) is 18.8 Å². The Morgan fingerprint density at radius 3 is 3.11 bits per heavy atom. The summed E-state index contributed by atoms with van der Waals surface area (Å²) < 4.78 is 5.51. The third kappa shape index (κ3) is 3.23. The number of rotatable bonds is 4. The highest BCUT2D eigenvalue weighted by atomic mass is 16.5. The number of amides is 1. The molecule has 1 aliphatic rings. The summed E-state index contributed by atoms with van der Waals surface area (Å²) in [5, 5.41) is 2.89. The van der Waals surface area contributed by atoms with Crippen molar-refractivity contribution in [2.24, 2.45) is 0 Å². The number of nitrogens with one attached hydrogen (secondary N) is 1.